The van der Waals surface area contributed by atoms with Gasteiger partial charge in [-0.05, 0) is 42.8 Å². The normalized spacial score (nSPS) is 12.2. The van der Waals surface area contributed by atoms with E-state index in [2.05, 4.69) is 15.0 Å². The molecule has 4 rings (SSSR count). The van der Waals surface area contributed by atoms with Crippen LogP contribution >= 0.6 is 0 Å². The fraction of sp³-hybridized carbons (Fsp3) is 0.222. The van der Waals surface area contributed by atoms with Gasteiger partial charge in [-0.15, -0.1) is 0 Å². The first-order chi connectivity index (χ1) is 18.2. The number of nitrogens with one attached hydrogen (secondary N) is 1. The van der Waals surface area contributed by atoms with Crippen molar-refractivity contribution in [2.45, 2.75) is 26.9 Å². The number of hydrogen-bond donors (Lipinski definition) is 2. The maximum Gasteiger partial charge on any atom is 0.335 e. The van der Waals surface area contributed by atoms with Crippen LogP contribution in [0.2, 0.25) is 0 Å². The summed E-state index contributed by atoms with van der Waals surface area (Å²) in [6.07, 6.45) is 1.54. The molecule has 2 heterocycles. The lowest BCUT2D eigenvalue weighted by atomic mass is 10.1. The minimum Gasteiger partial charge on any atom is -0.481 e. The summed E-state index contributed by atoms with van der Waals surface area (Å²) in [5.41, 5.74) is 0.978. The van der Waals surface area contributed by atoms with Crippen LogP contribution in [0.25, 0.3) is 0 Å². The fourth-order valence-corrected chi connectivity index (χ4v) is 3.57. The molecule has 11 nitrogen and oxygen atoms in total. The first kappa shape index (κ1) is 26.1. The Kier molecular flexibility index (Phi) is 7.86. The number of benzene rings is 2. The van der Waals surface area contributed by atoms with Gasteiger partial charge in [0.1, 0.15) is 11.5 Å². The van der Waals surface area contributed by atoms with Gasteiger partial charge in [0.2, 0.25) is 11.5 Å². The van der Waals surface area contributed by atoms with E-state index in [9.17, 15) is 19.5 Å². The van der Waals surface area contributed by atoms with Crippen LogP contribution < -0.4 is 26.5 Å². The molecule has 0 aliphatic heterocycles. The van der Waals surface area contributed by atoms with Gasteiger partial charge in [-0.1, -0.05) is 36.8 Å². The average Bonchev–Trinajstić information content (AvgIpc) is 2.91. The number of rotatable bonds is 9. The largest absolute Gasteiger partial charge is 0.481 e. The number of carboxylic acids is 1. The molecule has 1 unspecified atom stereocenters. The van der Waals surface area contributed by atoms with Gasteiger partial charge in [0, 0.05) is 12.6 Å². The Labute approximate surface area is 217 Å². The molecule has 0 aliphatic rings. The molecule has 1 atom stereocenters. The van der Waals surface area contributed by atoms with Crippen LogP contribution in [-0.2, 0) is 17.9 Å². The van der Waals surface area contributed by atoms with Crippen molar-refractivity contribution in [1.29, 1.82) is 0 Å². The zero-order valence-corrected chi connectivity index (χ0v) is 21.1. The van der Waals surface area contributed by atoms with E-state index in [1.165, 1.54) is 24.8 Å². The Morgan fingerprint density at radius 1 is 1.03 bits per heavy atom. The summed E-state index contributed by atoms with van der Waals surface area (Å²) in [6.45, 7) is 3.24. The summed E-state index contributed by atoms with van der Waals surface area (Å²) < 4.78 is 13.0. The second-order valence-corrected chi connectivity index (χ2v) is 8.70. The number of H-pyrrole nitrogens is 1. The standard InChI is InChI=1S/C27H27N5O6/c1-17-4-6-19(7-5-17)16-31-25(30-26(35)32(27(31)36)15-18(2)24(33)34)29-20-8-10-21(11-9-20)38-22-12-13-23(37-3)28-14-22/h4-14,18H,15-16H2,1-3H3,(H,33,34)(H,29,30,35). The zero-order valence-electron chi connectivity index (χ0n) is 21.1. The number of nitrogens with zero attached hydrogens (tertiary/aromatic N) is 4. The maximum atomic E-state index is 13.4. The molecule has 0 amide bonds. The number of carboxylic acid groups (broad SMARTS) is 1. The van der Waals surface area contributed by atoms with Crippen molar-refractivity contribution >= 4 is 11.7 Å². The summed E-state index contributed by atoms with van der Waals surface area (Å²) in [7, 11) is 1.53. The zero-order chi connectivity index (χ0) is 27.2. The highest BCUT2D eigenvalue weighted by atomic mass is 16.5. The molecular formula is C27H27N5O6. The minimum atomic E-state index is -1.11. The molecule has 4 aromatic rings. The van der Waals surface area contributed by atoms with E-state index < -0.39 is 23.3 Å². The molecule has 0 aliphatic carbocycles. The summed E-state index contributed by atoms with van der Waals surface area (Å²) in [6, 6.07) is 17.7. The van der Waals surface area contributed by atoms with E-state index in [4.69, 9.17) is 9.47 Å². The fourth-order valence-electron chi connectivity index (χ4n) is 3.57. The smallest absolute Gasteiger partial charge is 0.335 e. The Hall–Kier alpha value is -4.93. The van der Waals surface area contributed by atoms with Crippen molar-refractivity contribution in [2.24, 2.45) is 10.9 Å². The first-order valence-corrected chi connectivity index (χ1v) is 11.8. The number of hydrogen-bond acceptors (Lipinski definition) is 7. The Balaban J connectivity index is 1.71. The average molecular weight is 518 g/mol. The van der Waals surface area contributed by atoms with Crippen LogP contribution in [0.5, 0.6) is 17.4 Å². The molecule has 0 saturated carbocycles. The van der Waals surface area contributed by atoms with E-state index in [0.717, 1.165) is 15.7 Å². The van der Waals surface area contributed by atoms with E-state index in [0.29, 0.717) is 23.1 Å². The van der Waals surface area contributed by atoms with Crippen LogP contribution in [0, 0.1) is 12.8 Å². The molecule has 0 fully saturated rings. The number of methoxy groups -OCH3 is 1. The second kappa shape index (κ2) is 11.4. The van der Waals surface area contributed by atoms with Crippen molar-refractivity contribution < 1.29 is 19.4 Å². The lowest BCUT2D eigenvalue weighted by Gasteiger charge is -2.13. The first-order valence-electron chi connectivity index (χ1n) is 11.8. The number of aromatic nitrogens is 4. The van der Waals surface area contributed by atoms with Crippen molar-refractivity contribution in [3.8, 4) is 17.4 Å². The SMILES string of the molecule is COc1ccc(Oc2ccc(/N=c3\[nH]c(=O)n(CC(C)C(=O)O)c(=O)n3Cc3ccc(C)cc3)cc2)cn1. The predicted molar refractivity (Wildman–Crippen MR) is 139 cm³/mol. The molecule has 38 heavy (non-hydrogen) atoms. The molecule has 0 spiro atoms. The number of pyridine rings is 1. The molecular weight excluding hydrogens is 490 g/mol. The summed E-state index contributed by atoms with van der Waals surface area (Å²) in [5.74, 6) is -0.510. The van der Waals surface area contributed by atoms with E-state index in [-0.39, 0.29) is 18.7 Å². The monoisotopic (exact) mass is 517 g/mol. The van der Waals surface area contributed by atoms with Gasteiger partial charge in [-0.3, -0.25) is 14.3 Å². The molecule has 0 radical (unpaired) electrons. The molecule has 0 saturated heterocycles. The third-order valence-corrected chi connectivity index (χ3v) is 5.75. The number of carbonyl (C=O) groups is 1. The highest BCUT2D eigenvalue weighted by Crippen LogP contribution is 2.24. The van der Waals surface area contributed by atoms with Gasteiger partial charge in [-0.2, -0.15) is 0 Å². The Morgan fingerprint density at radius 2 is 1.71 bits per heavy atom. The highest BCUT2D eigenvalue weighted by molar-refractivity contribution is 5.69. The summed E-state index contributed by atoms with van der Waals surface area (Å²) >= 11 is 0. The quantitative estimate of drug-likeness (QED) is 0.348. The Bertz CT molecular complexity index is 1600. The number of aryl methyl sites for hydroxylation is 1. The van der Waals surface area contributed by atoms with Gasteiger partial charge in [0.25, 0.3) is 0 Å². The van der Waals surface area contributed by atoms with Crippen LogP contribution in [0.1, 0.15) is 18.1 Å². The van der Waals surface area contributed by atoms with Crippen molar-refractivity contribution in [2.75, 3.05) is 7.11 Å². The Morgan fingerprint density at radius 3 is 2.32 bits per heavy atom. The lowest BCUT2D eigenvalue weighted by molar-refractivity contribution is -0.141. The van der Waals surface area contributed by atoms with Crippen molar-refractivity contribution in [1.82, 2.24) is 19.1 Å². The third-order valence-electron chi connectivity index (χ3n) is 5.75. The molecule has 11 heteroatoms. The third kappa shape index (κ3) is 6.25. The number of aromatic amines is 1. The summed E-state index contributed by atoms with van der Waals surface area (Å²) in [5, 5.41) is 9.27. The molecule has 196 valence electrons. The van der Waals surface area contributed by atoms with Gasteiger partial charge < -0.3 is 14.6 Å². The molecule has 0 bridgehead atoms. The minimum absolute atomic E-state index is 0.0350. The highest BCUT2D eigenvalue weighted by Gasteiger charge is 2.17. The van der Waals surface area contributed by atoms with Gasteiger partial charge in [-0.25, -0.2) is 24.1 Å². The van der Waals surface area contributed by atoms with E-state index in [1.807, 2.05) is 31.2 Å². The van der Waals surface area contributed by atoms with E-state index in [1.54, 1.807) is 36.4 Å². The summed E-state index contributed by atoms with van der Waals surface area (Å²) in [4.78, 5) is 48.7. The van der Waals surface area contributed by atoms with Crippen LogP contribution in [0.4, 0.5) is 5.69 Å². The van der Waals surface area contributed by atoms with Gasteiger partial charge in [0.05, 0.1) is 31.5 Å². The number of aliphatic carboxylic acids is 1. The lowest BCUT2D eigenvalue weighted by Crippen LogP contribution is -2.51. The topological polar surface area (TPSA) is 141 Å². The maximum absolute atomic E-state index is 13.4. The van der Waals surface area contributed by atoms with Crippen molar-refractivity contribution in [3.05, 3.63) is 105 Å². The second-order valence-electron chi connectivity index (χ2n) is 8.70. The van der Waals surface area contributed by atoms with E-state index >= 15 is 0 Å². The van der Waals surface area contributed by atoms with Crippen LogP contribution in [0.3, 0.4) is 0 Å². The van der Waals surface area contributed by atoms with Crippen molar-refractivity contribution in [3.63, 3.8) is 0 Å². The van der Waals surface area contributed by atoms with Crippen LogP contribution in [0.15, 0.2) is 81.4 Å². The predicted octanol–water partition coefficient (Wildman–Crippen LogP) is 2.84. The van der Waals surface area contributed by atoms with Crippen LogP contribution in [-0.4, -0.2) is 37.3 Å². The molecule has 2 N–H and O–H groups in total. The van der Waals surface area contributed by atoms with Gasteiger partial charge >= 0.3 is 17.3 Å². The molecule has 2 aromatic carbocycles. The van der Waals surface area contributed by atoms with Gasteiger partial charge in [0.15, 0.2) is 0 Å². The molecule has 2 aromatic heterocycles. The number of ether oxygens (including phenoxy) is 2.